The molecule has 0 bridgehead atoms. The highest BCUT2D eigenvalue weighted by atomic mass is 32.2. The summed E-state index contributed by atoms with van der Waals surface area (Å²) in [6.45, 7) is 0. The van der Waals surface area contributed by atoms with Crippen molar-refractivity contribution in [1.82, 2.24) is 25.4 Å². The number of nitrogens with zero attached hydrogens (tertiary/aromatic N) is 2. The Balaban J connectivity index is 1.21. The van der Waals surface area contributed by atoms with E-state index in [0.29, 0.717) is 22.2 Å². The number of nitrogens with one attached hydrogen (secondary N) is 3. The molecule has 0 atom stereocenters. The van der Waals surface area contributed by atoms with E-state index in [2.05, 4.69) is 20.8 Å². The van der Waals surface area contributed by atoms with E-state index < -0.39 is 11.8 Å². The van der Waals surface area contributed by atoms with Gasteiger partial charge in [-0.2, -0.15) is 0 Å². The maximum Gasteiger partial charge on any atom is 0.270 e. The van der Waals surface area contributed by atoms with Crippen LogP contribution in [0.5, 0.6) is 0 Å². The first-order valence-corrected chi connectivity index (χ1v) is 11.8. The lowest BCUT2D eigenvalue weighted by Gasteiger charge is -2.11. The number of aryl methyl sites for hydroxylation is 1. The zero-order valence-corrected chi connectivity index (χ0v) is 19.6. The van der Waals surface area contributed by atoms with Gasteiger partial charge in [-0.25, -0.2) is 4.98 Å². The van der Waals surface area contributed by atoms with Crippen molar-refractivity contribution in [3.8, 4) is 0 Å². The number of hydrazine groups is 1. The molecule has 0 aliphatic heterocycles. The molecule has 8 nitrogen and oxygen atoms in total. The maximum atomic E-state index is 12.7. The lowest BCUT2D eigenvalue weighted by atomic mass is 10.1. The van der Waals surface area contributed by atoms with Crippen molar-refractivity contribution in [2.75, 3.05) is 0 Å². The average Bonchev–Trinajstić information content (AvgIpc) is 3.31. The molecular weight excluding hydrogens is 462 g/mol. The molecule has 2 amide bonds. The third-order valence-corrected chi connectivity index (χ3v) is 6.59. The van der Waals surface area contributed by atoms with Crippen molar-refractivity contribution in [1.29, 1.82) is 0 Å². The number of carbonyl (C=O) groups excluding carboxylic acids is 2. The number of pyridine rings is 1. The normalized spacial score (nSPS) is 11.0. The summed E-state index contributed by atoms with van der Waals surface area (Å²) in [7, 11) is 1.65. The number of H-pyrrole nitrogens is 1. The number of aromatic amines is 1. The van der Waals surface area contributed by atoms with Gasteiger partial charge in [0.25, 0.3) is 17.4 Å². The smallest absolute Gasteiger partial charge is 0.270 e. The fourth-order valence-corrected chi connectivity index (χ4v) is 4.59. The zero-order valence-electron chi connectivity index (χ0n) is 18.7. The van der Waals surface area contributed by atoms with Crippen LogP contribution < -0.4 is 16.4 Å². The second-order valence-corrected chi connectivity index (χ2v) is 8.89. The van der Waals surface area contributed by atoms with E-state index in [1.165, 1.54) is 10.6 Å². The van der Waals surface area contributed by atoms with E-state index in [-0.39, 0.29) is 11.1 Å². The van der Waals surface area contributed by atoms with Crippen molar-refractivity contribution in [3.63, 3.8) is 0 Å². The van der Waals surface area contributed by atoms with Crippen LogP contribution in [0.3, 0.4) is 0 Å². The zero-order chi connectivity index (χ0) is 24.4. The van der Waals surface area contributed by atoms with Gasteiger partial charge in [-0.1, -0.05) is 54.2 Å². The molecule has 9 heteroatoms. The Bertz CT molecular complexity index is 1590. The van der Waals surface area contributed by atoms with Crippen LogP contribution in [0, 0.1) is 0 Å². The molecule has 35 heavy (non-hydrogen) atoms. The first-order chi connectivity index (χ1) is 17.0. The number of benzene rings is 3. The van der Waals surface area contributed by atoms with Gasteiger partial charge in [0.1, 0.15) is 0 Å². The summed E-state index contributed by atoms with van der Waals surface area (Å²) in [5.74, 6) is -0.330. The highest BCUT2D eigenvalue weighted by molar-refractivity contribution is 7.98. The van der Waals surface area contributed by atoms with E-state index in [9.17, 15) is 14.4 Å². The predicted octanol–water partition coefficient (Wildman–Crippen LogP) is 3.78. The van der Waals surface area contributed by atoms with Crippen molar-refractivity contribution in [2.24, 2.45) is 7.05 Å². The summed E-state index contributed by atoms with van der Waals surface area (Å²) in [6.07, 6.45) is 0. The lowest BCUT2D eigenvalue weighted by Crippen LogP contribution is -2.42. The van der Waals surface area contributed by atoms with Crippen LogP contribution in [0.2, 0.25) is 0 Å². The topological polar surface area (TPSA) is 109 Å². The Hall–Kier alpha value is -4.37. The third kappa shape index (κ3) is 4.67. The van der Waals surface area contributed by atoms with Gasteiger partial charge < -0.3 is 9.55 Å². The number of aromatic nitrogens is 3. The summed E-state index contributed by atoms with van der Waals surface area (Å²) in [6, 6.07) is 23.3. The summed E-state index contributed by atoms with van der Waals surface area (Å²) >= 11 is 1.58. The van der Waals surface area contributed by atoms with Gasteiger partial charge in [-0.3, -0.25) is 25.2 Å². The fraction of sp³-hybridized carbons (Fsp3) is 0.0769. The summed E-state index contributed by atoms with van der Waals surface area (Å²) in [5, 5.41) is 1.45. The monoisotopic (exact) mass is 483 g/mol. The van der Waals surface area contributed by atoms with Gasteiger partial charge >= 0.3 is 0 Å². The minimum atomic E-state index is -0.564. The number of rotatable bonds is 5. The minimum Gasteiger partial charge on any atom is -0.333 e. The summed E-state index contributed by atoms with van der Waals surface area (Å²) < 4.78 is 1.47. The molecule has 174 valence electrons. The molecule has 5 rings (SSSR count). The van der Waals surface area contributed by atoms with E-state index >= 15 is 0 Å². The number of hydrogen-bond acceptors (Lipinski definition) is 5. The van der Waals surface area contributed by atoms with Crippen LogP contribution in [0.25, 0.3) is 21.9 Å². The number of fused-ring (bicyclic) bond motifs is 2. The van der Waals surface area contributed by atoms with Crippen molar-refractivity contribution < 1.29 is 9.59 Å². The Kier molecular flexibility index (Phi) is 6.07. The second kappa shape index (κ2) is 9.47. The van der Waals surface area contributed by atoms with Crippen LogP contribution >= 0.6 is 11.8 Å². The molecule has 0 aliphatic rings. The highest BCUT2D eigenvalue weighted by Gasteiger charge is 2.15. The van der Waals surface area contributed by atoms with Crippen LogP contribution in [0.4, 0.5) is 0 Å². The number of amides is 2. The van der Waals surface area contributed by atoms with Gasteiger partial charge in [0, 0.05) is 29.8 Å². The quantitative estimate of drug-likeness (QED) is 0.260. The van der Waals surface area contributed by atoms with E-state index in [4.69, 9.17) is 0 Å². The van der Waals surface area contributed by atoms with Crippen molar-refractivity contribution >= 4 is 45.5 Å². The van der Waals surface area contributed by atoms with E-state index in [1.54, 1.807) is 55.2 Å². The van der Waals surface area contributed by atoms with Crippen LogP contribution in [-0.2, 0) is 12.8 Å². The van der Waals surface area contributed by atoms with Crippen LogP contribution in [-0.4, -0.2) is 26.3 Å². The number of hydrogen-bond donors (Lipinski definition) is 3. The van der Waals surface area contributed by atoms with Crippen LogP contribution in [0.1, 0.15) is 26.3 Å². The van der Waals surface area contributed by atoms with Gasteiger partial charge in [-0.15, -0.1) is 0 Å². The fourth-order valence-electron chi connectivity index (χ4n) is 3.75. The molecule has 0 aliphatic carbocycles. The van der Waals surface area contributed by atoms with E-state index in [1.807, 2.05) is 36.4 Å². The van der Waals surface area contributed by atoms with Crippen molar-refractivity contribution in [3.05, 3.63) is 106 Å². The van der Waals surface area contributed by atoms with Gasteiger partial charge in [0.05, 0.1) is 22.1 Å². The molecular formula is C26H21N5O3S. The van der Waals surface area contributed by atoms with Crippen molar-refractivity contribution in [2.45, 2.75) is 10.9 Å². The standard InChI is InChI=1S/C26H21N5O3S/c1-31-22-9-5-2-6-18(22)19(14-23(31)32)25(34)30-29-24(33)17-12-10-16(11-13-17)15-35-26-27-20-7-3-4-8-21(20)28-26/h2-14H,15H2,1H3,(H,27,28)(H,29,33)(H,30,34). The molecule has 2 heterocycles. The minimum absolute atomic E-state index is 0.196. The molecule has 0 fully saturated rings. The molecule has 2 aromatic heterocycles. The molecule has 3 aromatic carbocycles. The molecule has 3 N–H and O–H groups in total. The summed E-state index contributed by atoms with van der Waals surface area (Å²) in [5.41, 5.74) is 8.69. The maximum absolute atomic E-state index is 12.7. The molecule has 0 unspecified atom stereocenters. The second-order valence-electron chi connectivity index (χ2n) is 7.93. The van der Waals surface area contributed by atoms with Gasteiger partial charge in [0.2, 0.25) is 0 Å². The Morgan fingerprint density at radius 3 is 2.46 bits per heavy atom. The largest absolute Gasteiger partial charge is 0.333 e. The highest BCUT2D eigenvalue weighted by Crippen LogP contribution is 2.23. The van der Waals surface area contributed by atoms with Gasteiger partial charge in [0.15, 0.2) is 5.16 Å². The molecule has 0 radical (unpaired) electrons. The lowest BCUT2D eigenvalue weighted by molar-refractivity contribution is 0.0847. The molecule has 5 aromatic rings. The molecule has 0 saturated carbocycles. The molecule has 0 saturated heterocycles. The first-order valence-electron chi connectivity index (χ1n) is 10.9. The molecule has 0 spiro atoms. The number of imidazole rings is 1. The SMILES string of the molecule is Cn1c(=O)cc(C(=O)NNC(=O)c2ccc(CSc3nc4ccccc4[nH]3)cc2)c2ccccc21. The first kappa shape index (κ1) is 22.4. The average molecular weight is 484 g/mol. The third-order valence-electron chi connectivity index (χ3n) is 5.65. The Labute approximate surface area is 204 Å². The summed E-state index contributed by atoms with van der Waals surface area (Å²) in [4.78, 5) is 45.3. The van der Waals surface area contributed by atoms with Gasteiger partial charge in [-0.05, 0) is 35.9 Å². The number of thioether (sulfide) groups is 1. The Morgan fingerprint density at radius 1 is 0.943 bits per heavy atom. The van der Waals surface area contributed by atoms with E-state index in [0.717, 1.165) is 21.8 Å². The Morgan fingerprint density at radius 2 is 1.66 bits per heavy atom. The number of para-hydroxylation sites is 3. The number of carbonyl (C=O) groups is 2. The predicted molar refractivity (Wildman–Crippen MR) is 136 cm³/mol. The van der Waals surface area contributed by atoms with Crippen LogP contribution in [0.15, 0.2) is 88.8 Å².